The number of aliphatic carboxylic acids is 1. The van der Waals surface area contributed by atoms with Gasteiger partial charge in [0.25, 0.3) is 0 Å². The molecule has 100 valence electrons. The van der Waals surface area contributed by atoms with Crippen LogP contribution in [0.5, 0.6) is 0 Å². The second kappa shape index (κ2) is 6.29. The van der Waals surface area contributed by atoms with Gasteiger partial charge in [-0.2, -0.15) is 0 Å². The SMILES string of the molecule is CS(=O)(=O)c1nc(CBr)ccc1CCCC(=O)O. The lowest BCUT2D eigenvalue weighted by Crippen LogP contribution is -2.08. The molecule has 0 bridgehead atoms. The van der Waals surface area contributed by atoms with E-state index in [1.54, 1.807) is 12.1 Å². The van der Waals surface area contributed by atoms with Crippen molar-refractivity contribution in [3.8, 4) is 0 Å². The Labute approximate surface area is 114 Å². The molecule has 0 aliphatic carbocycles. The van der Waals surface area contributed by atoms with Crippen molar-refractivity contribution in [2.24, 2.45) is 0 Å². The molecule has 5 nitrogen and oxygen atoms in total. The van der Waals surface area contributed by atoms with E-state index in [1.807, 2.05) is 0 Å². The van der Waals surface area contributed by atoms with Gasteiger partial charge >= 0.3 is 5.97 Å². The number of alkyl halides is 1. The van der Waals surface area contributed by atoms with E-state index in [-0.39, 0.29) is 11.4 Å². The number of pyridine rings is 1. The number of halogens is 1. The lowest BCUT2D eigenvalue weighted by Gasteiger charge is -2.08. The van der Waals surface area contributed by atoms with Crippen LogP contribution in [0, 0.1) is 0 Å². The largest absolute Gasteiger partial charge is 0.481 e. The number of aryl methyl sites for hydroxylation is 1. The van der Waals surface area contributed by atoms with Crippen molar-refractivity contribution in [2.45, 2.75) is 29.6 Å². The zero-order chi connectivity index (χ0) is 13.8. The molecule has 1 heterocycles. The Balaban J connectivity index is 3.00. The third-order valence-corrected chi connectivity index (χ3v) is 3.95. The topological polar surface area (TPSA) is 84.3 Å². The zero-order valence-corrected chi connectivity index (χ0v) is 12.3. The Bertz CT molecular complexity index is 542. The molecule has 1 aromatic heterocycles. The third-order valence-electron chi connectivity index (χ3n) is 2.32. The summed E-state index contributed by atoms with van der Waals surface area (Å²) in [5.41, 5.74) is 1.21. The highest BCUT2D eigenvalue weighted by molar-refractivity contribution is 9.08. The number of nitrogens with zero attached hydrogens (tertiary/aromatic N) is 1. The van der Waals surface area contributed by atoms with Crippen LogP contribution >= 0.6 is 15.9 Å². The zero-order valence-electron chi connectivity index (χ0n) is 9.89. The molecule has 0 aliphatic heterocycles. The van der Waals surface area contributed by atoms with Crippen molar-refractivity contribution in [2.75, 3.05) is 6.26 Å². The van der Waals surface area contributed by atoms with Crippen LogP contribution in [0.2, 0.25) is 0 Å². The van der Waals surface area contributed by atoms with Crippen molar-refractivity contribution in [1.29, 1.82) is 0 Å². The summed E-state index contributed by atoms with van der Waals surface area (Å²) in [4.78, 5) is 14.5. The predicted molar refractivity (Wildman–Crippen MR) is 70.6 cm³/mol. The van der Waals surface area contributed by atoms with Crippen LogP contribution in [0.25, 0.3) is 0 Å². The maximum absolute atomic E-state index is 11.6. The van der Waals surface area contributed by atoms with Gasteiger partial charge in [0.2, 0.25) is 0 Å². The molecule has 0 aromatic carbocycles. The minimum Gasteiger partial charge on any atom is -0.481 e. The van der Waals surface area contributed by atoms with Crippen LogP contribution in [-0.4, -0.2) is 30.7 Å². The van der Waals surface area contributed by atoms with Gasteiger partial charge in [0.1, 0.15) is 0 Å². The standard InChI is InChI=1S/C11H14BrNO4S/c1-18(16,17)11-8(3-2-4-10(14)15)5-6-9(7-12)13-11/h5-6H,2-4,7H2,1H3,(H,14,15). The maximum Gasteiger partial charge on any atom is 0.303 e. The molecule has 0 radical (unpaired) electrons. The van der Waals surface area contributed by atoms with Crippen LogP contribution in [0.3, 0.4) is 0 Å². The van der Waals surface area contributed by atoms with Gasteiger partial charge in [-0.05, 0) is 24.5 Å². The summed E-state index contributed by atoms with van der Waals surface area (Å²) in [5, 5.41) is 9.09. The maximum atomic E-state index is 11.6. The normalized spacial score (nSPS) is 11.4. The summed E-state index contributed by atoms with van der Waals surface area (Å²) in [6.45, 7) is 0. The fourth-order valence-electron chi connectivity index (χ4n) is 1.52. The first-order valence-corrected chi connectivity index (χ1v) is 8.32. The predicted octanol–water partition coefficient (Wildman–Crippen LogP) is 1.79. The highest BCUT2D eigenvalue weighted by Crippen LogP contribution is 2.17. The average molecular weight is 336 g/mol. The molecule has 7 heteroatoms. The van der Waals surface area contributed by atoms with Crippen LogP contribution in [-0.2, 0) is 26.4 Å². The Morgan fingerprint density at radius 3 is 2.61 bits per heavy atom. The van der Waals surface area contributed by atoms with Crippen molar-refractivity contribution < 1.29 is 18.3 Å². The van der Waals surface area contributed by atoms with Crippen molar-refractivity contribution in [3.63, 3.8) is 0 Å². The highest BCUT2D eigenvalue weighted by atomic mass is 79.9. The van der Waals surface area contributed by atoms with Gasteiger partial charge in [-0.15, -0.1) is 0 Å². The number of sulfone groups is 1. The van der Waals surface area contributed by atoms with Gasteiger partial charge in [0.05, 0.1) is 5.69 Å². The molecule has 0 unspecified atom stereocenters. The van der Waals surface area contributed by atoms with Crippen molar-refractivity contribution in [1.82, 2.24) is 4.98 Å². The number of hydrogen-bond donors (Lipinski definition) is 1. The van der Waals surface area contributed by atoms with E-state index in [4.69, 9.17) is 5.11 Å². The summed E-state index contributed by atoms with van der Waals surface area (Å²) >= 11 is 3.22. The van der Waals surface area contributed by atoms with Gasteiger partial charge in [-0.1, -0.05) is 22.0 Å². The molecule has 1 N–H and O–H groups in total. The number of carboxylic acid groups (broad SMARTS) is 1. The minimum atomic E-state index is -3.40. The fraction of sp³-hybridized carbons (Fsp3) is 0.455. The summed E-state index contributed by atoms with van der Waals surface area (Å²) in [6.07, 6.45) is 1.91. The average Bonchev–Trinajstić information content (AvgIpc) is 2.27. The first kappa shape index (κ1) is 15.1. The fourth-order valence-corrected chi connectivity index (χ4v) is 2.77. The van der Waals surface area contributed by atoms with Crippen molar-refractivity contribution in [3.05, 3.63) is 23.4 Å². The van der Waals surface area contributed by atoms with Gasteiger partial charge in [0.15, 0.2) is 14.9 Å². The van der Waals surface area contributed by atoms with Crippen LogP contribution in [0.4, 0.5) is 0 Å². The lowest BCUT2D eigenvalue weighted by molar-refractivity contribution is -0.137. The van der Waals surface area contributed by atoms with E-state index >= 15 is 0 Å². The molecular weight excluding hydrogens is 322 g/mol. The smallest absolute Gasteiger partial charge is 0.303 e. The van der Waals surface area contributed by atoms with E-state index in [1.165, 1.54) is 0 Å². The summed E-state index contributed by atoms with van der Waals surface area (Å²) in [7, 11) is -3.40. The van der Waals surface area contributed by atoms with Crippen molar-refractivity contribution >= 4 is 31.7 Å². The van der Waals surface area contributed by atoms with Gasteiger partial charge in [-0.25, -0.2) is 13.4 Å². The number of carbonyl (C=O) groups is 1. The number of carboxylic acids is 1. The first-order valence-electron chi connectivity index (χ1n) is 5.31. The second-order valence-electron chi connectivity index (χ2n) is 3.92. The molecule has 0 saturated carbocycles. The van der Waals surface area contributed by atoms with E-state index in [9.17, 15) is 13.2 Å². The van der Waals surface area contributed by atoms with E-state index in [0.717, 1.165) is 6.26 Å². The molecule has 1 aromatic rings. The van der Waals surface area contributed by atoms with E-state index < -0.39 is 15.8 Å². The Kier molecular flexibility index (Phi) is 5.28. The lowest BCUT2D eigenvalue weighted by atomic mass is 10.1. The summed E-state index contributed by atoms with van der Waals surface area (Å²) in [5.74, 6) is -0.888. The van der Waals surface area contributed by atoms with Crippen LogP contribution in [0.15, 0.2) is 17.2 Å². The third kappa shape index (κ3) is 4.38. The quantitative estimate of drug-likeness (QED) is 0.801. The molecule has 18 heavy (non-hydrogen) atoms. The highest BCUT2D eigenvalue weighted by Gasteiger charge is 2.16. The Morgan fingerprint density at radius 1 is 1.44 bits per heavy atom. The monoisotopic (exact) mass is 335 g/mol. The summed E-state index contributed by atoms with van der Waals surface area (Å²) < 4.78 is 23.2. The van der Waals surface area contributed by atoms with Crippen LogP contribution in [0.1, 0.15) is 24.1 Å². The number of hydrogen-bond acceptors (Lipinski definition) is 4. The number of rotatable bonds is 6. The second-order valence-corrected chi connectivity index (χ2v) is 6.41. The minimum absolute atomic E-state index is 0.0173. The Hall–Kier alpha value is -0.950. The van der Waals surface area contributed by atoms with Gasteiger partial charge in [0, 0.05) is 18.0 Å². The molecule has 0 fully saturated rings. The first-order chi connectivity index (χ1) is 8.34. The van der Waals surface area contributed by atoms with Gasteiger partial charge in [-0.3, -0.25) is 4.79 Å². The molecule has 0 aliphatic rings. The molecule has 0 atom stereocenters. The molecular formula is C11H14BrNO4S. The van der Waals surface area contributed by atoms with E-state index in [0.29, 0.717) is 29.4 Å². The summed E-state index contributed by atoms with van der Waals surface area (Å²) in [6, 6.07) is 3.43. The Morgan fingerprint density at radius 2 is 2.11 bits per heavy atom. The molecule has 0 spiro atoms. The van der Waals surface area contributed by atoms with E-state index in [2.05, 4.69) is 20.9 Å². The molecule has 0 saturated heterocycles. The molecule has 0 amide bonds. The van der Waals surface area contributed by atoms with Gasteiger partial charge < -0.3 is 5.11 Å². The van der Waals surface area contributed by atoms with Crippen LogP contribution < -0.4 is 0 Å². The number of aromatic nitrogens is 1. The molecule has 1 rings (SSSR count).